The van der Waals surface area contributed by atoms with Crippen LogP contribution in [0.4, 0.5) is 0 Å². The summed E-state index contributed by atoms with van der Waals surface area (Å²) in [5, 5.41) is 8.90. The Balaban J connectivity index is 1.97. The van der Waals surface area contributed by atoms with Crippen LogP contribution in [0.15, 0.2) is 30.6 Å². The molecular formula is C15H15N3O4. The summed E-state index contributed by atoms with van der Waals surface area (Å²) in [6.07, 6.45) is 1.62. The molecule has 3 rings (SSSR count). The zero-order chi connectivity index (χ0) is 15.7. The number of rotatable bonds is 4. The lowest BCUT2D eigenvalue weighted by molar-refractivity contribution is -0.137. The molecule has 0 aliphatic carbocycles. The van der Waals surface area contributed by atoms with E-state index >= 15 is 0 Å². The van der Waals surface area contributed by atoms with Crippen LogP contribution in [0.25, 0.3) is 11.3 Å². The molecule has 0 atom stereocenters. The van der Waals surface area contributed by atoms with Gasteiger partial charge in [-0.15, -0.1) is 0 Å². The monoisotopic (exact) mass is 301 g/mol. The lowest BCUT2D eigenvalue weighted by Gasteiger charge is -2.26. The molecule has 1 aromatic heterocycles. The molecule has 0 saturated heterocycles. The predicted octanol–water partition coefficient (Wildman–Crippen LogP) is 1.10. The highest BCUT2D eigenvalue weighted by atomic mass is 16.5. The van der Waals surface area contributed by atoms with E-state index in [-0.39, 0.29) is 12.5 Å². The summed E-state index contributed by atoms with van der Waals surface area (Å²) >= 11 is 0. The van der Waals surface area contributed by atoms with Crippen molar-refractivity contribution in [3.8, 4) is 17.0 Å². The lowest BCUT2D eigenvalue weighted by Crippen LogP contribution is -2.42. The molecule has 114 valence electrons. The van der Waals surface area contributed by atoms with Crippen molar-refractivity contribution < 1.29 is 19.4 Å². The van der Waals surface area contributed by atoms with Crippen LogP contribution in [0.1, 0.15) is 10.5 Å². The van der Waals surface area contributed by atoms with Crippen LogP contribution >= 0.6 is 0 Å². The number of hydrogen-bond donors (Lipinski definition) is 1. The number of fused-ring (bicyclic) bond motifs is 1. The first-order chi connectivity index (χ1) is 10.6. The van der Waals surface area contributed by atoms with Crippen molar-refractivity contribution in [2.45, 2.75) is 6.54 Å². The number of methoxy groups -OCH3 is 1. The van der Waals surface area contributed by atoms with E-state index in [1.807, 2.05) is 12.1 Å². The van der Waals surface area contributed by atoms with Gasteiger partial charge in [-0.1, -0.05) is 0 Å². The van der Waals surface area contributed by atoms with Crippen molar-refractivity contribution in [1.29, 1.82) is 0 Å². The molecule has 0 saturated carbocycles. The second kappa shape index (κ2) is 5.51. The molecule has 22 heavy (non-hydrogen) atoms. The van der Waals surface area contributed by atoms with E-state index < -0.39 is 5.97 Å². The van der Waals surface area contributed by atoms with Gasteiger partial charge >= 0.3 is 5.97 Å². The normalized spacial score (nSPS) is 13.9. The number of imidazole rings is 1. The lowest BCUT2D eigenvalue weighted by atomic mass is 10.1. The van der Waals surface area contributed by atoms with Crippen molar-refractivity contribution >= 4 is 11.9 Å². The molecule has 0 unspecified atom stereocenters. The van der Waals surface area contributed by atoms with Gasteiger partial charge in [-0.25, -0.2) is 4.98 Å². The molecule has 0 radical (unpaired) electrons. The van der Waals surface area contributed by atoms with E-state index in [1.54, 1.807) is 30.1 Å². The van der Waals surface area contributed by atoms with Gasteiger partial charge in [0.15, 0.2) is 0 Å². The van der Waals surface area contributed by atoms with E-state index in [4.69, 9.17) is 9.84 Å². The van der Waals surface area contributed by atoms with Gasteiger partial charge in [0.1, 0.15) is 23.7 Å². The molecular weight excluding hydrogens is 286 g/mol. The Morgan fingerprint density at radius 3 is 2.68 bits per heavy atom. The van der Waals surface area contributed by atoms with Gasteiger partial charge in [0, 0.05) is 18.7 Å². The zero-order valence-electron chi connectivity index (χ0n) is 12.0. The van der Waals surface area contributed by atoms with Gasteiger partial charge in [0.2, 0.25) is 0 Å². The minimum Gasteiger partial charge on any atom is -0.497 e. The molecule has 1 aliphatic heterocycles. The number of hydrogen-bond acceptors (Lipinski definition) is 4. The minimum atomic E-state index is -1.02. The smallest absolute Gasteiger partial charge is 0.323 e. The van der Waals surface area contributed by atoms with Gasteiger partial charge in [-0.2, -0.15) is 0 Å². The standard InChI is InChI=1S/C15H15N3O4/c1-22-11-4-2-10(3-5-11)13-14-15(21)17(8-12(19)20)6-7-18(14)9-16-13/h2-5,9H,6-8H2,1H3,(H,19,20). The van der Waals surface area contributed by atoms with Gasteiger partial charge in [0.25, 0.3) is 5.91 Å². The second-order valence-corrected chi connectivity index (χ2v) is 4.98. The topological polar surface area (TPSA) is 84.7 Å². The Kier molecular flexibility index (Phi) is 3.54. The summed E-state index contributed by atoms with van der Waals surface area (Å²) in [5.74, 6) is -0.611. The van der Waals surface area contributed by atoms with Crippen LogP contribution in [0, 0.1) is 0 Å². The molecule has 7 heteroatoms. The van der Waals surface area contributed by atoms with Crippen molar-refractivity contribution in [3.63, 3.8) is 0 Å². The second-order valence-electron chi connectivity index (χ2n) is 4.98. The van der Waals surface area contributed by atoms with Crippen LogP contribution < -0.4 is 4.74 Å². The maximum Gasteiger partial charge on any atom is 0.323 e. The maximum atomic E-state index is 12.5. The van der Waals surface area contributed by atoms with E-state index in [0.29, 0.717) is 24.5 Å². The predicted molar refractivity (Wildman–Crippen MR) is 77.8 cm³/mol. The number of amides is 1. The Bertz CT molecular complexity index is 721. The van der Waals surface area contributed by atoms with E-state index in [2.05, 4.69) is 4.98 Å². The summed E-state index contributed by atoms with van der Waals surface area (Å²) in [6, 6.07) is 7.24. The van der Waals surface area contributed by atoms with Gasteiger partial charge in [0.05, 0.1) is 13.4 Å². The Hall–Kier alpha value is -2.83. The molecule has 1 aliphatic rings. The van der Waals surface area contributed by atoms with Gasteiger partial charge in [-0.3, -0.25) is 9.59 Å². The summed E-state index contributed by atoms with van der Waals surface area (Å²) in [7, 11) is 1.58. The molecule has 0 fully saturated rings. The molecule has 1 aromatic carbocycles. The van der Waals surface area contributed by atoms with Crippen LogP contribution in [0.5, 0.6) is 5.75 Å². The van der Waals surface area contributed by atoms with Crippen LogP contribution in [-0.4, -0.2) is 51.6 Å². The molecule has 0 spiro atoms. The number of carboxylic acids is 1. The maximum absolute atomic E-state index is 12.5. The highest BCUT2D eigenvalue weighted by molar-refractivity contribution is 6.00. The number of carbonyl (C=O) groups excluding carboxylic acids is 1. The summed E-state index contributed by atoms with van der Waals surface area (Å²) in [6.45, 7) is 0.611. The summed E-state index contributed by atoms with van der Waals surface area (Å²) in [4.78, 5) is 29.0. The fourth-order valence-electron chi connectivity index (χ4n) is 2.53. The first kappa shape index (κ1) is 14.1. The van der Waals surface area contributed by atoms with Crippen LogP contribution in [0.2, 0.25) is 0 Å². The van der Waals surface area contributed by atoms with Crippen molar-refractivity contribution in [2.24, 2.45) is 0 Å². The first-order valence-electron chi connectivity index (χ1n) is 6.81. The SMILES string of the molecule is COc1ccc(-c2ncn3c2C(=O)N(CC(=O)O)CC3)cc1. The quantitative estimate of drug-likeness (QED) is 0.914. The Labute approximate surface area is 126 Å². The fraction of sp³-hybridized carbons (Fsp3) is 0.267. The highest BCUT2D eigenvalue weighted by Crippen LogP contribution is 2.27. The minimum absolute atomic E-state index is 0.300. The zero-order valence-corrected chi connectivity index (χ0v) is 12.0. The number of aliphatic carboxylic acids is 1. The van der Waals surface area contributed by atoms with E-state index in [0.717, 1.165) is 11.3 Å². The first-order valence-corrected chi connectivity index (χ1v) is 6.81. The van der Waals surface area contributed by atoms with Crippen molar-refractivity contribution in [3.05, 3.63) is 36.3 Å². The van der Waals surface area contributed by atoms with Gasteiger partial charge < -0.3 is 19.3 Å². The van der Waals surface area contributed by atoms with Crippen molar-refractivity contribution in [2.75, 3.05) is 20.2 Å². The third kappa shape index (κ3) is 2.41. The molecule has 2 heterocycles. The average molecular weight is 301 g/mol. The number of carbonyl (C=O) groups is 2. The third-order valence-corrected chi connectivity index (χ3v) is 3.63. The van der Waals surface area contributed by atoms with Crippen LogP contribution in [0.3, 0.4) is 0 Å². The van der Waals surface area contributed by atoms with Crippen LogP contribution in [-0.2, 0) is 11.3 Å². The number of benzene rings is 1. The highest BCUT2D eigenvalue weighted by Gasteiger charge is 2.29. The average Bonchev–Trinajstić information content (AvgIpc) is 2.94. The molecule has 0 bridgehead atoms. The van der Waals surface area contributed by atoms with E-state index in [9.17, 15) is 9.59 Å². The fourth-order valence-corrected chi connectivity index (χ4v) is 2.53. The number of carboxylic acid groups (broad SMARTS) is 1. The van der Waals surface area contributed by atoms with Crippen molar-refractivity contribution in [1.82, 2.24) is 14.5 Å². The summed E-state index contributed by atoms with van der Waals surface area (Å²) < 4.78 is 6.88. The Morgan fingerprint density at radius 1 is 1.32 bits per heavy atom. The molecule has 7 nitrogen and oxygen atoms in total. The number of aromatic nitrogens is 2. The van der Waals surface area contributed by atoms with Gasteiger partial charge in [-0.05, 0) is 24.3 Å². The molecule has 1 N–H and O–H groups in total. The largest absolute Gasteiger partial charge is 0.497 e. The number of nitrogens with zero attached hydrogens (tertiary/aromatic N) is 3. The third-order valence-electron chi connectivity index (χ3n) is 3.63. The Morgan fingerprint density at radius 2 is 2.05 bits per heavy atom. The van der Waals surface area contributed by atoms with E-state index in [1.165, 1.54) is 4.90 Å². The number of ether oxygens (including phenoxy) is 1. The molecule has 1 amide bonds. The molecule has 2 aromatic rings. The summed E-state index contributed by atoms with van der Waals surface area (Å²) in [5.41, 5.74) is 1.78.